The summed E-state index contributed by atoms with van der Waals surface area (Å²) in [5.41, 5.74) is 4.36. The van der Waals surface area contributed by atoms with Gasteiger partial charge in [0.1, 0.15) is 0 Å². The highest BCUT2D eigenvalue weighted by molar-refractivity contribution is 7.99. The molecule has 2 fully saturated rings. The summed E-state index contributed by atoms with van der Waals surface area (Å²) in [6.45, 7) is 2.23. The van der Waals surface area contributed by atoms with Crippen LogP contribution in [0.4, 0.5) is 5.95 Å². The number of anilines is 1. The molecule has 1 saturated carbocycles. The molecule has 1 spiro atoms. The van der Waals surface area contributed by atoms with Crippen LogP contribution >= 0.6 is 11.8 Å². The molecule has 0 unspecified atom stereocenters. The topological polar surface area (TPSA) is 46.3 Å². The second-order valence-corrected chi connectivity index (χ2v) is 10.4. The van der Waals surface area contributed by atoms with Gasteiger partial charge < -0.3 is 4.90 Å². The van der Waals surface area contributed by atoms with Gasteiger partial charge in [-0.05, 0) is 68.4 Å². The van der Waals surface area contributed by atoms with Crippen LogP contribution in [0.15, 0.2) is 40.6 Å². The van der Waals surface area contributed by atoms with Crippen LogP contribution in [0.25, 0.3) is 5.65 Å². The molecule has 0 atom stereocenters. The Kier molecular flexibility index (Phi) is 4.70. The number of piperidine rings is 1. The molecule has 0 aromatic carbocycles. The van der Waals surface area contributed by atoms with Crippen molar-refractivity contribution in [3.05, 3.63) is 42.1 Å². The van der Waals surface area contributed by atoms with E-state index in [0.29, 0.717) is 5.41 Å². The summed E-state index contributed by atoms with van der Waals surface area (Å²) in [5, 5.41) is 0. The Morgan fingerprint density at radius 3 is 2.53 bits per heavy atom. The van der Waals surface area contributed by atoms with Crippen molar-refractivity contribution in [2.24, 2.45) is 5.41 Å². The number of aryl methyl sites for hydroxylation is 1. The number of imidazole rings is 1. The van der Waals surface area contributed by atoms with E-state index in [-0.39, 0.29) is 0 Å². The molecule has 5 nitrogen and oxygen atoms in total. The average molecular weight is 420 g/mol. The van der Waals surface area contributed by atoms with E-state index in [1.165, 1.54) is 67.5 Å². The fraction of sp³-hybridized carbons (Fsp3) is 0.542. The lowest BCUT2D eigenvalue weighted by Crippen LogP contribution is -2.40. The molecule has 30 heavy (non-hydrogen) atoms. The number of rotatable bonds is 3. The van der Waals surface area contributed by atoms with Crippen LogP contribution in [0, 0.1) is 5.41 Å². The zero-order valence-corrected chi connectivity index (χ0v) is 18.3. The van der Waals surface area contributed by atoms with Crippen LogP contribution in [0.5, 0.6) is 0 Å². The molecular weight excluding hydrogens is 390 g/mol. The highest BCUT2D eigenvalue weighted by atomic mass is 32.2. The molecule has 4 heterocycles. The first-order chi connectivity index (χ1) is 14.8. The Balaban J connectivity index is 1.29. The van der Waals surface area contributed by atoms with Crippen molar-refractivity contribution < 1.29 is 0 Å². The van der Waals surface area contributed by atoms with Gasteiger partial charge in [-0.3, -0.25) is 9.38 Å². The van der Waals surface area contributed by atoms with Gasteiger partial charge in [0, 0.05) is 48.5 Å². The van der Waals surface area contributed by atoms with E-state index in [1.807, 2.05) is 18.6 Å². The minimum Gasteiger partial charge on any atom is -0.342 e. The molecule has 0 radical (unpaired) electrons. The molecule has 3 aromatic rings. The van der Waals surface area contributed by atoms with Crippen LogP contribution < -0.4 is 4.90 Å². The molecule has 156 valence electrons. The molecule has 3 aliphatic rings. The summed E-state index contributed by atoms with van der Waals surface area (Å²) in [5.74, 6) is 1.05. The van der Waals surface area contributed by atoms with E-state index in [1.54, 1.807) is 11.8 Å². The van der Waals surface area contributed by atoms with Gasteiger partial charge in [-0.2, -0.15) is 0 Å². The molecule has 3 aromatic heterocycles. The largest absolute Gasteiger partial charge is 0.342 e. The zero-order valence-electron chi connectivity index (χ0n) is 17.5. The van der Waals surface area contributed by atoms with Crippen molar-refractivity contribution >= 4 is 23.4 Å². The molecule has 2 aliphatic carbocycles. The first-order valence-electron chi connectivity index (χ1n) is 11.5. The number of aromatic nitrogens is 4. The first-order valence-corrected chi connectivity index (χ1v) is 12.3. The third-order valence-corrected chi connectivity index (χ3v) is 8.67. The average Bonchev–Trinajstić information content (AvgIpc) is 3.46. The van der Waals surface area contributed by atoms with E-state index in [2.05, 4.69) is 26.5 Å². The van der Waals surface area contributed by atoms with Crippen LogP contribution in [0.1, 0.15) is 62.6 Å². The molecule has 6 rings (SSSR count). The Morgan fingerprint density at radius 1 is 0.833 bits per heavy atom. The van der Waals surface area contributed by atoms with Crippen molar-refractivity contribution in [1.82, 2.24) is 19.4 Å². The third-order valence-electron chi connectivity index (χ3n) is 7.56. The van der Waals surface area contributed by atoms with Crippen molar-refractivity contribution in [2.45, 2.75) is 74.0 Å². The minimum absolute atomic E-state index is 0.626. The van der Waals surface area contributed by atoms with Crippen LogP contribution in [-0.4, -0.2) is 32.4 Å². The Labute approximate surface area is 182 Å². The maximum absolute atomic E-state index is 4.94. The molecule has 1 aliphatic heterocycles. The molecule has 1 saturated heterocycles. The van der Waals surface area contributed by atoms with Gasteiger partial charge in [-0.25, -0.2) is 9.97 Å². The third kappa shape index (κ3) is 3.20. The fourth-order valence-electron chi connectivity index (χ4n) is 5.80. The second kappa shape index (κ2) is 7.56. The van der Waals surface area contributed by atoms with Gasteiger partial charge in [0.25, 0.3) is 0 Å². The van der Waals surface area contributed by atoms with E-state index in [4.69, 9.17) is 9.97 Å². The number of hydrogen-bond acceptors (Lipinski definition) is 5. The fourth-order valence-corrected chi connectivity index (χ4v) is 6.86. The van der Waals surface area contributed by atoms with Crippen molar-refractivity contribution in [1.29, 1.82) is 0 Å². The second-order valence-electron chi connectivity index (χ2n) is 9.28. The van der Waals surface area contributed by atoms with Crippen LogP contribution in [-0.2, 0) is 12.8 Å². The summed E-state index contributed by atoms with van der Waals surface area (Å²) in [6.07, 6.45) is 21.1. The SMILES string of the molecule is c1cc(Sc2cnc(N3CCC4(CCCC4)CC3)n3ccnc23)c2c(n1)CCCC2. The predicted octanol–water partition coefficient (Wildman–Crippen LogP) is 5.31. The quantitative estimate of drug-likeness (QED) is 0.575. The Bertz CT molecular complexity index is 1060. The lowest BCUT2D eigenvalue weighted by Gasteiger charge is -2.39. The number of pyridine rings is 1. The number of hydrogen-bond donors (Lipinski definition) is 0. The van der Waals surface area contributed by atoms with Crippen molar-refractivity contribution in [3.8, 4) is 0 Å². The predicted molar refractivity (Wildman–Crippen MR) is 120 cm³/mol. The van der Waals surface area contributed by atoms with Crippen molar-refractivity contribution in [2.75, 3.05) is 18.0 Å². The maximum atomic E-state index is 4.94. The lowest BCUT2D eigenvalue weighted by atomic mass is 9.77. The molecule has 0 amide bonds. The smallest absolute Gasteiger partial charge is 0.211 e. The number of fused-ring (bicyclic) bond motifs is 2. The molecule has 0 N–H and O–H groups in total. The van der Waals surface area contributed by atoms with Crippen molar-refractivity contribution in [3.63, 3.8) is 0 Å². The van der Waals surface area contributed by atoms with Gasteiger partial charge in [0.2, 0.25) is 5.95 Å². The maximum Gasteiger partial charge on any atom is 0.211 e. The monoisotopic (exact) mass is 419 g/mol. The minimum atomic E-state index is 0.626. The zero-order chi connectivity index (χ0) is 20.0. The summed E-state index contributed by atoms with van der Waals surface area (Å²) in [4.78, 5) is 19.2. The van der Waals surface area contributed by atoms with E-state index in [0.717, 1.165) is 42.4 Å². The highest BCUT2D eigenvalue weighted by Gasteiger charge is 2.37. The highest BCUT2D eigenvalue weighted by Crippen LogP contribution is 2.46. The van der Waals surface area contributed by atoms with Crippen LogP contribution in [0.2, 0.25) is 0 Å². The van der Waals surface area contributed by atoms with Gasteiger partial charge in [-0.1, -0.05) is 24.6 Å². The molecular formula is C24H29N5S. The normalized spacial score (nSPS) is 20.7. The first kappa shape index (κ1) is 18.7. The summed E-state index contributed by atoms with van der Waals surface area (Å²) in [7, 11) is 0. The summed E-state index contributed by atoms with van der Waals surface area (Å²) >= 11 is 1.80. The van der Waals surface area contributed by atoms with Gasteiger partial charge >= 0.3 is 0 Å². The standard InChI is InChI=1S/C24H29N5S/c1-2-6-19-18(5-1)20(7-12-25-19)30-21-17-27-23(29-16-13-26-22(21)29)28-14-10-24(11-15-28)8-3-4-9-24/h7,12-13,16-17H,1-6,8-11,14-15H2. The summed E-state index contributed by atoms with van der Waals surface area (Å²) in [6, 6.07) is 2.16. The van der Waals surface area contributed by atoms with Gasteiger partial charge in [0.05, 0.1) is 4.90 Å². The van der Waals surface area contributed by atoms with E-state index < -0.39 is 0 Å². The summed E-state index contributed by atoms with van der Waals surface area (Å²) < 4.78 is 2.20. The van der Waals surface area contributed by atoms with E-state index >= 15 is 0 Å². The molecule has 6 heteroatoms. The van der Waals surface area contributed by atoms with E-state index in [9.17, 15) is 0 Å². The van der Waals surface area contributed by atoms with Crippen LogP contribution in [0.3, 0.4) is 0 Å². The molecule has 0 bridgehead atoms. The van der Waals surface area contributed by atoms with Gasteiger partial charge in [-0.15, -0.1) is 0 Å². The Hall–Kier alpha value is -2.08. The Morgan fingerprint density at radius 2 is 1.67 bits per heavy atom. The lowest BCUT2D eigenvalue weighted by molar-refractivity contribution is 0.225. The van der Waals surface area contributed by atoms with Gasteiger partial charge in [0.15, 0.2) is 5.65 Å². The number of nitrogens with zero attached hydrogens (tertiary/aromatic N) is 5.